The fourth-order valence-electron chi connectivity index (χ4n) is 2.67. The number of hydrogen-bond acceptors (Lipinski definition) is 2. The van der Waals surface area contributed by atoms with E-state index in [1.54, 1.807) is 12.1 Å². The van der Waals surface area contributed by atoms with E-state index < -0.39 is 17.7 Å². The summed E-state index contributed by atoms with van der Waals surface area (Å²) in [6.07, 6.45) is -3.73. The molecule has 0 radical (unpaired) electrons. The van der Waals surface area contributed by atoms with Gasteiger partial charge in [-0.2, -0.15) is 13.2 Å². The molecule has 0 aliphatic rings. The third kappa shape index (κ3) is 3.33. The van der Waals surface area contributed by atoms with Gasteiger partial charge in [-0.25, -0.2) is 9.78 Å². The Hall–Kier alpha value is -2.89. The lowest BCUT2D eigenvalue weighted by molar-refractivity contribution is -0.137. The third-order valence-corrected chi connectivity index (χ3v) is 4.00. The predicted octanol–water partition coefficient (Wildman–Crippen LogP) is 5.18. The largest absolute Gasteiger partial charge is 0.478 e. The van der Waals surface area contributed by atoms with Gasteiger partial charge in [0.15, 0.2) is 0 Å². The number of aryl methyl sites for hydroxylation is 1. The number of aromatic nitrogens is 1. The van der Waals surface area contributed by atoms with E-state index in [0.717, 1.165) is 24.1 Å². The van der Waals surface area contributed by atoms with Gasteiger partial charge in [0.2, 0.25) is 0 Å². The summed E-state index contributed by atoms with van der Waals surface area (Å²) >= 11 is 0. The minimum atomic E-state index is -4.47. The van der Waals surface area contributed by atoms with Crippen LogP contribution < -0.4 is 0 Å². The van der Waals surface area contributed by atoms with E-state index in [2.05, 4.69) is 4.98 Å². The molecule has 3 nitrogen and oxygen atoms in total. The Bertz CT molecular complexity index is 965. The Kier molecular flexibility index (Phi) is 4.20. The number of fused-ring (bicyclic) bond motifs is 1. The lowest BCUT2D eigenvalue weighted by Crippen LogP contribution is -2.05. The number of alkyl halides is 3. The van der Waals surface area contributed by atoms with E-state index in [9.17, 15) is 23.1 Å². The van der Waals surface area contributed by atoms with Crippen molar-refractivity contribution >= 4 is 16.9 Å². The molecule has 0 aliphatic carbocycles. The van der Waals surface area contributed by atoms with Crippen molar-refractivity contribution in [1.29, 1.82) is 0 Å². The van der Waals surface area contributed by atoms with Crippen LogP contribution in [0.1, 0.15) is 28.4 Å². The highest BCUT2D eigenvalue weighted by Gasteiger charge is 2.30. The molecule has 2 aromatic carbocycles. The van der Waals surface area contributed by atoms with Gasteiger partial charge in [-0.1, -0.05) is 25.1 Å². The van der Waals surface area contributed by atoms with Crippen LogP contribution in [0.2, 0.25) is 0 Å². The summed E-state index contributed by atoms with van der Waals surface area (Å²) < 4.78 is 38.7. The fraction of sp³-hybridized carbons (Fsp3) is 0.158. The minimum Gasteiger partial charge on any atom is -0.478 e. The molecular weight excluding hydrogens is 331 g/mol. The molecule has 1 heterocycles. The maximum absolute atomic E-state index is 12.9. The Morgan fingerprint density at radius 2 is 1.88 bits per heavy atom. The summed E-state index contributed by atoms with van der Waals surface area (Å²) in [6, 6.07) is 11.3. The summed E-state index contributed by atoms with van der Waals surface area (Å²) in [7, 11) is 0. The highest BCUT2D eigenvalue weighted by atomic mass is 19.4. The first kappa shape index (κ1) is 17.0. The number of hydrogen-bond donors (Lipinski definition) is 1. The van der Waals surface area contributed by atoms with Gasteiger partial charge in [0.1, 0.15) is 0 Å². The van der Waals surface area contributed by atoms with Gasteiger partial charge in [0.05, 0.1) is 22.3 Å². The molecule has 0 spiro atoms. The van der Waals surface area contributed by atoms with Crippen LogP contribution >= 0.6 is 0 Å². The van der Waals surface area contributed by atoms with Gasteiger partial charge in [-0.3, -0.25) is 0 Å². The maximum atomic E-state index is 12.9. The molecule has 25 heavy (non-hydrogen) atoms. The van der Waals surface area contributed by atoms with Crippen molar-refractivity contribution in [1.82, 2.24) is 4.98 Å². The zero-order valence-electron chi connectivity index (χ0n) is 13.3. The van der Waals surface area contributed by atoms with Gasteiger partial charge in [0, 0.05) is 10.9 Å². The first-order valence-electron chi connectivity index (χ1n) is 7.64. The van der Waals surface area contributed by atoms with Crippen molar-refractivity contribution < 1.29 is 23.1 Å². The first-order chi connectivity index (χ1) is 11.8. The Morgan fingerprint density at radius 3 is 2.52 bits per heavy atom. The summed E-state index contributed by atoms with van der Waals surface area (Å²) in [5.74, 6) is -1.14. The molecule has 128 valence electrons. The first-order valence-corrected chi connectivity index (χ1v) is 7.64. The number of benzene rings is 2. The van der Waals surface area contributed by atoms with E-state index >= 15 is 0 Å². The molecule has 1 aromatic heterocycles. The Morgan fingerprint density at radius 1 is 1.12 bits per heavy atom. The normalized spacial score (nSPS) is 11.7. The fourth-order valence-corrected chi connectivity index (χ4v) is 2.67. The maximum Gasteiger partial charge on any atom is 0.416 e. The SMILES string of the molecule is CCc1ccc2nc(-c3cccc(C(F)(F)F)c3)cc(C(=O)O)c2c1. The van der Waals surface area contributed by atoms with Gasteiger partial charge in [-0.15, -0.1) is 0 Å². The van der Waals surface area contributed by atoms with Gasteiger partial charge in [0.25, 0.3) is 0 Å². The number of carboxylic acid groups (broad SMARTS) is 1. The minimum absolute atomic E-state index is 0.0210. The molecule has 0 bridgehead atoms. The number of nitrogens with zero attached hydrogens (tertiary/aromatic N) is 1. The number of halogens is 3. The molecule has 0 saturated heterocycles. The molecule has 0 atom stereocenters. The van der Waals surface area contributed by atoms with Gasteiger partial charge < -0.3 is 5.11 Å². The van der Waals surface area contributed by atoms with Crippen molar-refractivity contribution in [2.24, 2.45) is 0 Å². The topological polar surface area (TPSA) is 50.2 Å². The zero-order valence-corrected chi connectivity index (χ0v) is 13.3. The van der Waals surface area contributed by atoms with E-state index in [0.29, 0.717) is 10.9 Å². The van der Waals surface area contributed by atoms with Crippen molar-refractivity contribution in [3.05, 3.63) is 65.2 Å². The second-order valence-corrected chi connectivity index (χ2v) is 5.64. The summed E-state index contributed by atoms with van der Waals surface area (Å²) in [5, 5.41) is 9.97. The molecule has 0 saturated carbocycles. The zero-order chi connectivity index (χ0) is 18.2. The van der Waals surface area contributed by atoms with Crippen LogP contribution in [0.15, 0.2) is 48.5 Å². The van der Waals surface area contributed by atoms with E-state index in [-0.39, 0.29) is 16.8 Å². The van der Waals surface area contributed by atoms with Crippen LogP contribution in [0, 0.1) is 0 Å². The van der Waals surface area contributed by atoms with Crippen LogP contribution in [0.3, 0.4) is 0 Å². The number of rotatable bonds is 3. The van der Waals surface area contributed by atoms with E-state index in [4.69, 9.17) is 0 Å². The molecule has 0 fully saturated rings. The predicted molar refractivity (Wildman–Crippen MR) is 88.5 cm³/mol. The lowest BCUT2D eigenvalue weighted by atomic mass is 10.0. The quantitative estimate of drug-likeness (QED) is 0.711. The number of aromatic carboxylic acids is 1. The summed E-state index contributed by atoms with van der Waals surface area (Å²) in [6.45, 7) is 1.95. The number of carbonyl (C=O) groups is 1. The van der Waals surface area contributed by atoms with Crippen molar-refractivity contribution in [3.63, 3.8) is 0 Å². The van der Waals surface area contributed by atoms with Gasteiger partial charge >= 0.3 is 12.1 Å². The number of carboxylic acids is 1. The highest BCUT2D eigenvalue weighted by molar-refractivity contribution is 6.04. The second-order valence-electron chi connectivity index (χ2n) is 5.64. The average molecular weight is 345 g/mol. The molecular formula is C19H14F3NO2. The van der Waals surface area contributed by atoms with E-state index in [1.807, 2.05) is 13.0 Å². The number of pyridine rings is 1. The highest BCUT2D eigenvalue weighted by Crippen LogP contribution is 2.33. The van der Waals surface area contributed by atoms with Crippen molar-refractivity contribution in [2.45, 2.75) is 19.5 Å². The van der Waals surface area contributed by atoms with Crippen molar-refractivity contribution in [3.8, 4) is 11.3 Å². The van der Waals surface area contributed by atoms with Crippen LogP contribution in [0.25, 0.3) is 22.2 Å². The summed E-state index contributed by atoms with van der Waals surface area (Å²) in [4.78, 5) is 16.0. The average Bonchev–Trinajstić information content (AvgIpc) is 2.59. The molecule has 0 unspecified atom stereocenters. The van der Waals surface area contributed by atoms with Crippen LogP contribution in [0.5, 0.6) is 0 Å². The van der Waals surface area contributed by atoms with Gasteiger partial charge in [-0.05, 0) is 42.3 Å². The van der Waals surface area contributed by atoms with Crippen LogP contribution in [-0.2, 0) is 12.6 Å². The third-order valence-electron chi connectivity index (χ3n) is 4.00. The molecule has 6 heteroatoms. The standard InChI is InChI=1S/C19H14F3NO2/c1-2-11-6-7-16-14(8-11)15(18(24)25)10-17(23-16)12-4-3-5-13(9-12)19(20,21)22/h3-10H,2H2,1H3,(H,24,25). The summed E-state index contributed by atoms with van der Waals surface area (Å²) in [5.41, 5.74) is 1.03. The lowest BCUT2D eigenvalue weighted by Gasteiger charge is -2.11. The molecule has 0 amide bonds. The molecule has 1 N–H and O–H groups in total. The van der Waals surface area contributed by atoms with E-state index in [1.165, 1.54) is 18.2 Å². The second kappa shape index (κ2) is 6.20. The smallest absolute Gasteiger partial charge is 0.416 e. The molecule has 3 rings (SSSR count). The molecule has 0 aliphatic heterocycles. The Labute approximate surface area is 141 Å². The van der Waals surface area contributed by atoms with Crippen molar-refractivity contribution in [2.75, 3.05) is 0 Å². The van der Waals surface area contributed by atoms with Crippen LogP contribution in [0.4, 0.5) is 13.2 Å². The van der Waals surface area contributed by atoms with Crippen LogP contribution in [-0.4, -0.2) is 16.1 Å². The molecule has 3 aromatic rings. The monoisotopic (exact) mass is 345 g/mol. The Balaban J connectivity index is 2.23.